The number of anilines is 1. The molecule has 31 heavy (non-hydrogen) atoms. The number of benzene rings is 3. The fourth-order valence-electron chi connectivity index (χ4n) is 2.59. The van der Waals surface area contributed by atoms with Crippen LogP contribution in [-0.2, 0) is 10.0 Å². The Labute approximate surface area is 178 Å². The van der Waals surface area contributed by atoms with Crippen molar-refractivity contribution in [2.24, 2.45) is 0 Å². The van der Waals surface area contributed by atoms with Crippen molar-refractivity contribution < 1.29 is 27.6 Å². The molecule has 0 aliphatic heterocycles. The molecule has 0 aromatic heterocycles. The molecule has 0 unspecified atom stereocenters. The molecule has 3 aromatic carbocycles. The Kier molecular flexibility index (Phi) is 6.51. The van der Waals surface area contributed by atoms with E-state index in [9.17, 15) is 23.3 Å². The fourth-order valence-corrected chi connectivity index (χ4v) is 3.65. The lowest BCUT2D eigenvalue weighted by Gasteiger charge is -2.10. The Morgan fingerprint density at radius 2 is 1.52 bits per heavy atom. The molecule has 0 saturated heterocycles. The molecule has 0 atom stereocenters. The van der Waals surface area contributed by atoms with E-state index in [0.29, 0.717) is 17.1 Å². The highest BCUT2D eigenvalue weighted by Gasteiger charge is 2.16. The van der Waals surface area contributed by atoms with E-state index >= 15 is 0 Å². The first-order valence-corrected chi connectivity index (χ1v) is 10.4. The summed E-state index contributed by atoms with van der Waals surface area (Å²) >= 11 is 0. The van der Waals surface area contributed by atoms with Crippen molar-refractivity contribution in [3.8, 4) is 11.5 Å². The molecule has 0 bridgehead atoms. The summed E-state index contributed by atoms with van der Waals surface area (Å²) in [6.07, 6.45) is 0. The third kappa shape index (κ3) is 5.58. The van der Waals surface area contributed by atoms with Crippen LogP contribution in [0.5, 0.6) is 11.5 Å². The number of carbonyl (C=O) groups excluding carboxylic acids is 1. The van der Waals surface area contributed by atoms with Crippen molar-refractivity contribution in [2.45, 2.75) is 4.90 Å². The van der Waals surface area contributed by atoms with Crippen molar-refractivity contribution >= 4 is 27.2 Å². The van der Waals surface area contributed by atoms with Crippen LogP contribution >= 0.6 is 0 Å². The molecule has 9 nitrogen and oxygen atoms in total. The maximum absolute atomic E-state index is 12.4. The normalized spacial score (nSPS) is 10.9. The minimum atomic E-state index is -3.91. The van der Waals surface area contributed by atoms with Crippen LogP contribution in [0.4, 0.5) is 11.4 Å². The van der Waals surface area contributed by atoms with Gasteiger partial charge in [0.2, 0.25) is 0 Å². The fraction of sp³-hybridized carbons (Fsp3) is 0.0952. The van der Waals surface area contributed by atoms with Gasteiger partial charge in [0.15, 0.2) is 12.4 Å². The summed E-state index contributed by atoms with van der Waals surface area (Å²) < 4.78 is 37.7. The molecule has 0 heterocycles. The second-order valence-corrected chi connectivity index (χ2v) is 8.00. The van der Waals surface area contributed by atoms with Gasteiger partial charge in [-0.25, -0.2) is 8.42 Å². The minimum absolute atomic E-state index is 0.108. The number of methoxy groups -OCH3 is 1. The van der Waals surface area contributed by atoms with Crippen molar-refractivity contribution in [1.29, 1.82) is 0 Å². The van der Waals surface area contributed by atoms with Crippen LogP contribution in [0.3, 0.4) is 0 Å². The zero-order chi connectivity index (χ0) is 22.4. The van der Waals surface area contributed by atoms with Gasteiger partial charge in [-0.05, 0) is 60.7 Å². The maximum atomic E-state index is 12.4. The molecule has 0 aliphatic carbocycles. The van der Waals surface area contributed by atoms with Gasteiger partial charge in [0.1, 0.15) is 11.5 Å². The number of nitrogens with zero attached hydrogens (tertiary/aromatic N) is 1. The summed E-state index contributed by atoms with van der Waals surface area (Å²) in [5.74, 6) is 0.815. The smallest absolute Gasteiger partial charge is 0.269 e. The Morgan fingerprint density at radius 3 is 2.06 bits per heavy atom. The van der Waals surface area contributed by atoms with Crippen LogP contribution in [0, 0.1) is 10.1 Å². The molecule has 0 radical (unpaired) electrons. The first kappa shape index (κ1) is 21.8. The number of ether oxygens (including phenoxy) is 2. The Hall–Kier alpha value is -3.92. The quantitative estimate of drug-likeness (QED) is 0.304. The van der Waals surface area contributed by atoms with Crippen LogP contribution in [0.15, 0.2) is 77.7 Å². The predicted octanol–water partition coefficient (Wildman–Crippen LogP) is 3.67. The van der Waals surface area contributed by atoms with Gasteiger partial charge in [0, 0.05) is 23.4 Å². The number of Topliss-reactive ketones (excluding diaryl/α,β-unsaturated/α-hetero) is 1. The van der Waals surface area contributed by atoms with Gasteiger partial charge in [-0.3, -0.25) is 19.6 Å². The molecule has 0 saturated carbocycles. The van der Waals surface area contributed by atoms with Gasteiger partial charge >= 0.3 is 0 Å². The van der Waals surface area contributed by atoms with Crippen molar-refractivity contribution in [1.82, 2.24) is 0 Å². The molecule has 0 aliphatic rings. The standard InChI is InChI=1S/C21H18N2O7S/c1-29-18-8-2-15(3-9-18)21(24)14-30-19-10-4-16(5-11-19)22-31(27,28)20-12-6-17(7-13-20)23(25)26/h2-13,22H,14H2,1H3. The zero-order valence-electron chi connectivity index (χ0n) is 16.3. The van der Waals surface area contributed by atoms with Gasteiger partial charge < -0.3 is 9.47 Å². The average Bonchev–Trinajstić information content (AvgIpc) is 2.78. The van der Waals surface area contributed by atoms with Crippen molar-refractivity contribution in [3.63, 3.8) is 0 Å². The van der Waals surface area contributed by atoms with Crippen molar-refractivity contribution in [3.05, 3.63) is 88.5 Å². The molecular formula is C21H18N2O7S. The number of rotatable bonds is 9. The number of sulfonamides is 1. The van der Waals surface area contributed by atoms with Crippen molar-refractivity contribution in [2.75, 3.05) is 18.4 Å². The van der Waals surface area contributed by atoms with Gasteiger partial charge in [-0.2, -0.15) is 0 Å². The first-order chi connectivity index (χ1) is 14.8. The number of nitro groups is 1. The molecule has 3 rings (SSSR count). The molecule has 1 N–H and O–H groups in total. The van der Waals surface area contributed by atoms with E-state index in [1.54, 1.807) is 24.3 Å². The zero-order valence-corrected chi connectivity index (χ0v) is 17.2. The number of nitrogens with one attached hydrogen (secondary N) is 1. The Morgan fingerprint density at radius 1 is 0.935 bits per heavy atom. The predicted molar refractivity (Wildman–Crippen MR) is 113 cm³/mol. The van der Waals surface area contributed by atoms with Crippen LogP contribution in [0.25, 0.3) is 0 Å². The van der Waals surface area contributed by atoms with E-state index in [2.05, 4.69) is 4.72 Å². The van der Waals surface area contributed by atoms with Crippen LogP contribution in [0.1, 0.15) is 10.4 Å². The molecule has 0 fully saturated rings. The molecule has 160 valence electrons. The van der Waals surface area contributed by atoms with Crippen LogP contribution < -0.4 is 14.2 Å². The summed E-state index contributed by atoms with van der Waals surface area (Å²) in [6, 6.07) is 17.2. The van der Waals surface area contributed by atoms with Crippen LogP contribution in [-0.4, -0.2) is 32.8 Å². The number of non-ortho nitro benzene ring substituents is 1. The lowest BCUT2D eigenvalue weighted by molar-refractivity contribution is -0.384. The number of nitro benzene ring substituents is 1. The first-order valence-electron chi connectivity index (χ1n) is 8.96. The van der Waals surface area contributed by atoms with E-state index in [1.165, 1.54) is 31.4 Å². The molecular weight excluding hydrogens is 424 g/mol. The molecule has 10 heteroatoms. The third-order valence-corrected chi connectivity index (χ3v) is 5.64. The second kappa shape index (κ2) is 9.26. The van der Waals surface area contributed by atoms with E-state index in [1.807, 2.05) is 0 Å². The Bertz CT molecular complexity index is 1170. The van der Waals surface area contributed by atoms with E-state index in [0.717, 1.165) is 24.3 Å². The number of carbonyl (C=O) groups is 1. The average molecular weight is 442 g/mol. The number of hydrogen-bond donors (Lipinski definition) is 1. The Balaban J connectivity index is 1.60. The van der Waals surface area contributed by atoms with E-state index in [-0.39, 0.29) is 28.7 Å². The number of ketones is 1. The third-order valence-electron chi connectivity index (χ3n) is 4.25. The van der Waals surface area contributed by atoms with Crippen LogP contribution in [0.2, 0.25) is 0 Å². The SMILES string of the molecule is COc1ccc(C(=O)COc2ccc(NS(=O)(=O)c3ccc([N+](=O)[O-])cc3)cc2)cc1. The summed E-state index contributed by atoms with van der Waals surface area (Å²) in [5.41, 5.74) is 0.546. The molecule has 0 amide bonds. The van der Waals surface area contributed by atoms with Gasteiger partial charge in [-0.15, -0.1) is 0 Å². The summed E-state index contributed by atoms with van der Waals surface area (Å²) in [5, 5.41) is 10.7. The largest absolute Gasteiger partial charge is 0.497 e. The molecule has 0 spiro atoms. The second-order valence-electron chi connectivity index (χ2n) is 6.32. The summed E-state index contributed by atoms with van der Waals surface area (Å²) in [7, 11) is -2.38. The van der Waals surface area contributed by atoms with Gasteiger partial charge in [0.05, 0.1) is 16.9 Å². The molecule has 3 aromatic rings. The topological polar surface area (TPSA) is 125 Å². The van der Waals surface area contributed by atoms with E-state index < -0.39 is 14.9 Å². The van der Waals surface area contributed by atoms with Gasteiger partial charge in [-0.1, -0.05) is 0 Å². The lowest BCUT2D eigenvalue weighted by atomic mass is 10.1. The maximum Gasteiger partial charge on any atom is 0.269 e. The highest BCUT2D eigenvalue weighted by molar-refractivity contribution is 7.92. The monoisotopic (exact) mass is 442 g/mol. The summed E-state index contributed by atoms with van der Waals surface area (Å²) in [4.78, 5) is 22.2. The number of hydrogen-bond acceptors (Lipinski definition) is 7. The minimum Gasteiger partial charge on any atom is -0.497 e. The highest BCUT2D eigenvalue weighted by atomic mass is 32.2. The van der Waals surface area contributed by atoms with Gasteiger partial charge in [0.25, 0.3) is 15.7 Å². The highest BCUT2D eigenvalue weighted by Crippen LogP contribution is 2.21. The summed E-state index contributed by atoms with van der Waals surface area (Å²) in [6.45, 7) is -0.180. The lowest BCUT2D eigenvalue weighted by Crippen LogP contribution is -2.13. The van der Waals surface area contributed by atoms with E-state index in [4.69, 9.17) is 9.47 Å².